The molecular formula is C16H22ClNO. The Morgan fingerprint density at radius 2 is 2.21 bits per heavy atom. The van der Waals surface area contributed by atoms with Gasteiger partial charge < -0.3 is 10.1 Å². The van der Waals surface area contributed by atoms with E-state index in [1.54, 1.807) is 0 Å². The Morgan fingerprint density at radius 1 is 1.37 bits per heavy atom. The predicted octanol–water partition coefficient (Wildman–Crippen LogP) is 3.60. The van der Waals surface area contributed by atoms with Gasteiger partial charge in [-0.2, -0.15) is 0 Å². The fourth-order valence-electron chi connectivity index (χ4n) is 3.18. The number of ether oxygens (including phenoxy) is 1. The first kappa shape index (κ1) is 13.4. The van der Waals surface area contributed by atoms with Crippen molar-refractivity contribution in [1.82, 2.24) is 5.32 Å². The van der Waals surface area contributed by atoms with Crippen LogP contribution in [0, 0.1) is 5.92 Å². The van der Waals surface area contributed by atoms with Gasteiger partial charge in [-0.3, -0.25) is 0 Å². The van der Waals surface area contributed by atoms with Gasteiger partial charge in [-0.05, 0) is 55.7 Å². The predicted molar refractivity (Wildman–Crippen MR) is 78.7 cm³/mol. The Morgan fingerprint density at radius 3 is 2.89 bits per heavy atom. The molecule has 2 atom stereocenters. The molecule has 19 heavy (non-hydrogen) atoms. The molecule has 2 aliphatic rings. The summed E-state index contributed by atoms with van der Waals surface area (Å²) in [5.74, 6) is 1.39. The van der Waals surface area contributed by atoms with Gasteiger partial charge in [0, 0.05) is 24.2 Å². The van der Waals surface area contributed by atoms with Crippen LogP contribution in [0.25, 0.3) is 0 Å². The van der Waals surface area contributed by atoms with Gasteiger partial charge in [0.25, 0.3) is 0 Å². The zero-order valence-corrected chi connectivity index (χ0v) is 12.2. The number of halogens is 1. The zero-order chi connectivity index (χ0) is 13.2. The summed E-state index contributed by atoms with van der Waals surface area (Å²) in [5, 5.41) is 4.55. The van der Waals surface area contributed by atoms with Crippen LogP contribution in [0.3, 0.4) is 0 Å². The molecule has 1 heterocycles. The average molecular weight is 280 g/mol. The van der Waals surface area contributed by atoms with Gasteiger partial charge >= 0.3 is 0 Å². The lowest BCUT2D eigenvalue weighted by molar-refractivity contribution is 0.103. The van der Waals surface area contributed by atoms with E-state index in [0.717, 1.165) is 18.2 Å². The molecule has 3 heteroatoms. The fraction of sp³-hybridized carbons (Fsp3) is 0.625. The first-order valence-electron chi connectivity index (χ1n) is 7.33. The van der Waals surface area contributed by atoms with Crippen molar-refractivity contribution in [3.63, 3.8) is 0 Å². The lowest BCUT2D eigenvalue weighted by Crippen LogP contribution is -2.43. The van der Waals surface area contributed by atoms with Crippen molar-refractivity contribution in [2.24, 2.45) is 5.92 Å². The molecule has 1 aliphatic heterocycles. The smallest absolute Gasteiger partial charge is 0.0588 e. The molecule has 2 unspecified atom stereocenters. The van der Waals surface area contributed by atoms with Crippen LogP contribution in [0.15, 0.2) is 24.3 Å². The molecule has 0 amide bonds. The molecule has 1 aliphatic carbocycles. The second kappa shape index (κ2) is 5.82. The van der Waals surface area contributed by atoms with Crippen LogP contribution in [0.4, 0.5) is 0 Å². The second-order valence-electron chi connectivity index (χ2n) is 5.95. The monoisotopic (exact) mass is 279 g/mol. The van der Waals surface area contributed by atoms with Crippen molar-refractivity contribution in [2.75, 3.05) is 13.2 Å². The molecular weight excluding hydrogens is 258 g/mol. The van der Waals surface area contributed by atoms with Crippen molar-refractivity contribution in [1.29, 1.82) is 0 Å². The summed E-state index contributed by atoms with van der Waals surface area (Å²) in [5.41, 5.74) is 1.39. The van der Waals surface area contributed by atoms with Crippen molar-refractivity contribution in [3.8, 4) is 0 Å². The standard InChI is InChI=1S/C16H22ClNO/c1-11-13(5-6-19-11)10-18-16-8-14(9-16)12-3-2-4-15(17)7-12/h2-4,7,11,13-14,16,18H,5-6,8-10H2,1H3. The Hall–Kier alpha value is -0.570. The third kappa shape index (κ3) is 3.13. The van der Waals surface area contributed by atoms with Gasteiger partial charge in [-0.15, -0.1) is 0 Å². The maximum absolute atomic E-state index is 6.04. The number of nitrogens with one attached hydrogen (secondary N) is 1. The van der Waals surface area contributed by atoms with E-state index in [1.165, 1.54) is 24.8 Å². The largest absolute Gasteiger partial charge is 0.378 e. The third-order valence-corrected chi connectivity index (χ3v) is 4.90. The van der Waals surface area contributed by atoms with Crippen molar-refractivity contribution in [2.45, 2.75) is 44.2 Å². The van der Waals surface area contributed by atoms with Crippen LogP contribution in [0.5, 0.6) is 0 Å². The van der Waals surface area contributed by atoms with Crippen LogP contribution >= 0.6 is 11.6 Å². The van der Waals surface area contributed by atoms with E-state index in [1.807, 2.05) is 6.07 Å². The minimum absolute atomic E-state index is 0.427. The highest BCUT2D eigenvalue weighted by Crippen LogP contribution is 2.37. The number of hydrogen-bond acceptors (Lipinski definition) is 2. The molecule has 0 bridgehead atoms. The first-order valence-corrected chi connectivity index (χ1v) is 7.70. The Labute approximate surface area is 120 Å². The maximum Gasteiger partial charge on any atom is 0.0588 e. The molecule has 104 valence electrons. The van der Waals surface area contributed by atoms with Crippen LogP contribution < -0.4 is 5.32 Å². The van der Waals surface area contributed by atoms with Crippen molar-refractivity contribution >= 4 is 11.6 Å². The third-order valence-electron chi connectivity index (χ3n) is 4.66. The average Bonchev–Trinajstić information content (AvgIpc) is 2.73. The van der Waals surface area contributed by atoms with Gasteiger partial charge in [0.2, 0.25) is 0 Å². The number of benzene rings is 1. The van der Waals surface area contributed by atoms with Crippen molar-refractivity contribution in [3.05, 3.63) is 34.9 Å². The van der Waals surface area contributed by atoms with Crippen LogP contribution in [0.2, 0.25) is 5.02 Å². The molecule has 1 aromatic carbocycles. The molecule has 1 aromatic rings. The maximum atomic E-state index is 6.04. The van der Waals surface area contributed by atoms with E-state index in [4.69, 9.17) is 16.3 Å². The SMILES string of the molecule is CC1OCCC1CNC1CC(c2cccc(Cl)c2)C1. The summed E-state index contributed by atoms with van der Waals surface area (Å²) in [6.45, 7) is 4.23. The molecule has 1 saturated carbocycles. The molecule has 0 radical (unpaired) electrons. The quantitative estimate of drug-likeness (QED) is 0.909. The van der Waals surface area contributed by atoms with Gasteiger partial charge in [-0.1, -0.05) is 23.7 Å². The Balaban J connectivity index is 1.43. The molecule has 2 fully saturated rings. The van der Waals surface area contributed by atoms with Gasteiger partial charge in [0.05, 0.1) is 6.10 Å². The summed E-state index contributed by atoms with van der Waals surface area (Å²) >= 11 is 6.04. The topological polar surface area (TPSA) is 21.3 Å². The van der Waals surface area contributed by atoms with Crippen LogP contribution in [0.1, 0.15) is 37.7 Å². The highest BCUT2D eigenvalue weighted by Gasteiger charge is 2.31. The zero-order valence-electron chi connectivity index (χ0n) is 11.4. The summed E-state index contributed by atoms with van der Waals surface area (Å²) < 4.78 is 5.60. The number of hydrogen-bond donors (Lipinski definition) is 1. The lowest BCUT2D eigenvalue weighted by Gasteiger charge is -2.37. The summed E-state index contributed by atoms with van der Waals surface area (Å²) in [6, 6.07) is 8.98. The lowest BCUT2D eigenvalue weighted by atomic mass is 9.75. The normalized spacial score (nSPS) is 34.2. The second-order valence-corrected chi connectivity index (χ2v) is 6.39. The first-order chi connectivity index (χ1) is 9.22. The molecule has 1 N–H and O–H groups in total. The Kier molecular flexibility index (Phi) is 4.11. The van der Waals surface area contributed by atoms with Gasteiger partial charge in [0.15, 0.2) is 0 Å². The van der Waals surface area contributed by atoms with E-state index < -0.39 is 0 Å². The van der Waals surface area contributed by atoms with E-state index in [2.05, 4.69) is 30.4 Å². The molecule has 0 aromatic heterocycles. The van der Waals surface area contributed by atoms with E-state index in [0.29, 0.717) is 24.0 Å². The van der Waals surface area contributed by atoms with E-state index in [-0.39, 0.29) is 0 Å². The van der Waals surface area contributed by atoms with E-state index >= 15 is 0 Å². The van der Waals surface area contributed by atoms with Crippen LogP contribution in [-0.2, 0) is 4.74 Å². The van der Waals surface area contributed by atoms with Crippen molar-refractivity contribution < 1.29 is 4.74 Å². The molecule has 0 spiro atoms. The molecule has 3 rings (SSSR count). The Bertz CT molecular complexity index is 431. The van der Waals surface area contributed by atoms with Crippen LogP contribution in [-0.4, -0.2) is 25.3 Å². The minimum atomic E-state index is 0.427. The van der Waals surface area contributed by atoms with Gasteiger partial charge in [-0.25, -0.2) is 0 Å². The molecule has 2 nitrogen and oxygen atoms in total. The highest BCUT2D eigenvalue weighted by atomic mass is 35.5. The molecule has 1 saturated heterocycles. The minimum Gasteiger partial charge on any atom is -0.378 e. The highest BCUT2D eigenvalue weighted by molar-refractivity contribution is 6.30. The summed E-state index contributed by atoms with van der Waals surface area (Å²) in [4.78, 5) is 0. The fourth-order valence-corrected chi connectivity index (χ4v) is 3.38. The number of rotatable bonds is 4. The van der Waals surface area contributed by atoms with E-state index in [9.17, 15) is 0 Å². The summed E-state index contributed by atoms with van der Waals surface area (Å²) in [6.07, 6.45) is 4.11. The summed E-state index contributed by atoms with van der Waals surface area (Å²) in [7, 11) is 0. The van der Waals surface area contributed by atoms with Gasteiger partial charge in [0.1, 0.15) is 0 Å².